The molecule has 2 rings (SSSR count). The van der Waals surface area contributed by atoms with Crippen LogP contribution < -0.4 is 9.47 Å². The van der Waals surface area contributed by atoms with E-state index < -0.39 is 0 Å². The van der Waals surface area contributed by atoms with Crippen molar-refractivity contribution >= 4 is 23.5 Å². The molecule has 0 aliphatic heterocycles. The Morgan fingerprint density at radius 1 is 1.10 bits per heavy atom. The summed E-state index contributed by atoms with van der Waals surface area (Å²) < 4.78 is 10.2. The molecule has 0 fully saturated rings. The Morgan fingerprint density at radius 2 is 1.85 bits per heavy atom. The van der Waals surface area contributed by atoms with Crippen LogP contribution in [0.15, 0.2) is 41.4 Å². The average Bonchev–Trinajstić information content (AvgIpc) is 2.46. The van der Waals surface area contributed by atoms with E-state index in [0.29, 0.717) is 27.8 Å². The number of phenolic OH excluding ortho intramolecular Hbond substituents is 1. The molecule has 0 unspecified atom stereocenters. The summed E-state index contributed by atoms with van der Waals surface area (Å²) in [6.45, 7) is 0. The lowest BCUT2D eigenvalue weighted by atomic mass is 10.2. The quantitative estimate of drug-likeness (QED) is 0.871. The molecule has 0 heterocycles. The standard InChI is InChI=1S/C15H14ClNO3/c1-19-13-7-6-11(16)8-12(13)17-9-10-4-3-5-14(20-2)15(10)18/h3-9,18H,1-2H3. The molecule has 0 saturated heterocycles. The van der Waals surface area contributed by atoms with E-state index in [4.69, 9.17) is 21.1 Å². The van der Waals surface area contributed by atoms with Crippen LogP contribution in [0, 0.1) is 0 Å². The fourth-order valence-electron chi connectivity index (χ4n) is 1.71. The first-order valence-corrected chi connectivity index (χ1v) is 6.27. The molecule has 0 radical (unpaired) electrons. The molecular weight excluding hydrogens is 278 g/mol. The lowest BCUT2D eigenvalue weighted by Gasteiger charge is -2.06. The number of hydrogen-bond acceptors (Lipinski definition) is 4. The number of phenols is 1. The van der Waals surface area contributed by atoms with E-state index in [1.54, 1.807) is 43.5 Å². The van der Waals surface area contributed by atoms with Crippen LogP contribution in [-0.4, -0.2) is 25.5 Å². The SMILES string of the molecule is COc1ccc(Cl)cc1N=Cc1cccc(OC)c1O. The minimum atomic E-state index is 0.0414. The third kappa shape index (κ3) is 3.03. The van der Waals surface area contributed by atoms with E-state index in [9.17, 15) is 5.11 Å². The number of aliphatic imine (C=N–C) groups is 1. The molecular formula is C15H14ClNO3. The molecule has 2 aromatic rings. The molecule has 5 heteroatoms. The largest absolute Gasteiger partial charge is 0.504 e. The van der Waals surface area contributed by atoms with Crippen LogP contribution in [0.2, 0.25) is 5.02 Å². The van der Waals surface area contributed by atoms with Gasteiger partial charge in [-0.3, -0.25) is 4.99 Å². The minimum absolute atomic E-state index is 0.0414. The van der Waals surface area contributed by atoms with Crippen molar-refractivity contribution in [3.63, 3.8) is 0 Å². The maximum Gasteiger partial charge on any atom is 0.166 e. The smallest absolute Gasteiger partial charge is 0.166 e. The highest BCUT2D eigenvalue weighted by atomic mass is 35.5. The molecule has 0 amide bonds. The van der Waals surface area contributed by atoms with Crippen molar-refractivity contribution in [3.05, 3.63) is 47.0 Å². The van der Waals surface area contributed by atoms with Crippen LogP contribution in [0.25, 0.3) is 0 Å². The number of halogens is 1. The van der Waals surface area contributed by atoms with Gasteiger partial charge in [0.1, 0.15) is 11.4 Å². The van der Waals surface area contributed by atoms with Crippen LogP contribution >= 0.6 is 11.6 Å². The van der Waals surface area contributed by atoms with Crippen LogP contribution in [0.5, 0.6) is 17.2 Å². The third-order valence-corrected chi connectivity index (χ3v) is 2.97. The number of ether oxygens (including phenoxy) is 2. The van der Waals surface area contributed by atoms with Crippen molar-refractivity contribution in [2.45, 2.75) is 0 Å². The van der Waals surface area contributed by atoms with E-state index in [2.05, 4.69) is 4.99 Å². The summed E-state index contributed by atoms with van der Waals surface area (Å²) >= 11 is 5.94. The summed E-state index contributed by atoms with van der Waals surface area (Å²) in [5.74, 6) is 1.04. The molecule has 0 aromatic heterocycles. The zero-order valence-corrected chi connectivity index (χ0v) is 11.9. The van der Waals surface area contributed by atoms with Crippen molar-refractivity contribution in [1.29, 1.82) is 0 Å². The van der Waals surface area contributed by atoms with Gasteiger partial charge in [-0.1, -0.05) is 17.7 Å². The predicted molar refractivity (Wildman–Crippen MR) is 79.9 cm³/mol. The molecule has 0 bridgehead atoms. The lowest BCUT2D eigenvalue weighted by molar-refractivity contribution is 0.373. The molecule has 0 aliphatic carbocycles. The van der Waals surface area contributed by atoms with Crippen molar-refractivity contribution < 1.29 is 14.6 Å². The number of para-hydroxylation sites is 1. The number of aromatic hydroxyl groups is 1. The van der Waals surface area contributed by atoms with E-state index in [0.717, 1.165) is 0 Å². The monoisotopic (exact) mass is 291 g/mol. The summed E-state index contributed by atoms with van der Waals surface area (Å²) in [5, 5.41) is 10.5. The first-order valence-electron chi connectivity index (χ1n) is 5.89. The molecule has 2 aromatic carbocycles. The van der Waals surface area contributed by atoms with Crippen LogP contribution in [-0.2, 0) is 0 Å². The van der Waals surface area contributed by atoms with E-state index in [-0.39, 0.29) is 5.75 Å². The summed E-state index contributed by atoms with van der Waals surface area (Å²) in [7, 11) is 3.06. The van der Waals surface area contributed by atoms with E-state index in [1.165, 1.54) is 13.3 Å². The van der Waals surface area contributed by atoms with E-state index in [1.807, 2.05) is 0 Å². The molecule has 1 N–H and O–H groups in total. The fourth-order valence-corrected chi connectivity index (χ4v) is 1.88. The van der Waals surface area contributed by atoms with Crippen LogP contribution in [0.4, 0.5) is 5.69 Å². The lowest BCUT2D eigenvalue weighted by Crippen LogP contribution is -1.88. The highest BCUT2D eigenvalue weighted by Crippen LogP contribution is 2.32. The predicted octanol–water partition coefficient (Wildman–Crippen LogP) is 3.81. The highest BCUT2D eigenvalue weighted by molar-refractivity contribution is 6.30. The van der Waals surface area contributed by atoms with Gasteiger partial charge in [0.05, 0.1) is 14.2 Å². The fraction of sp³-hybridized carbons (Fsp3) is 0.133. The highest BCUT2D eigenvalue weighted by Gasteiger charge is 2.06. The molecule has 4 nitrogen and oxygen atoms in total. The van der Waals surface area contributed by atoms with Gasteiger partial charge in [0, 0.05) is 16.8 Å². The topological polar surface area (TPSA) is 51.0 Å². The summed E-state index contributed by atoms with van der Waals surface area (Å²) in [6.07, 6.45) is 1.53. The first-order chi connectivity index (χ1) is 9.65. The van der Waals surface area contributed by atoms with Gasteiger partial charge in [0.15, 0.2) is 11.5 Å². The van der Waals surface area contributed by atoms with Crippen molar-refractivity contribution in [2.75, 3.05) is 14.2 Å². The Kier molecular flexibility index (Phi) is 4.48. The van der Waals surface area contributed by atoms with Crippen molar-refractivity contribution in [3.8, 4) is 17.2 Å². The van der Waals surface area contributed by atoms with Gasteiger partial charge >= 0.3 is 0 Å². The molecule has 20 heavy (non-hydrogen) atoms. The van der Waals surface area contributed by atoms with Crippen LogP contribution in [0.3, 0.4) is 0 Å². The number of nitrogens with zero attached hydrogens (tertiary/aromatic N) is 1. The van der Waals surface area contributed by atoms with Crippen molar-refractivity contribution in [2.24, 2.45) is 4.99 Å². The van der Waals surface area contributed by atoms with Crippen LogP contribution in [0.1, 0.15) is 5.56 Å². The van der Waals surface area contributed by atoms with Gasteiger partial charge < -0.3 is 14.6 Å². The average molecular weight is 292 g/mol. The molecule has 0 aliphatic rings. The second-order valence-corrected chi connectivity index (χ2v) is 4.41. The number of hydrogen-bond donors (Lipinski definition) is 1. The Bertz CT molecular complexity index is 641. The number of benzene rings is 2. The molecule has 104 valence electrons. The summed E-state index contributed by atoms with van der Waals surface area (Å²) in [5.41, 5.74) is 1.13. The van der Waals surface area contributed by atoms with Gasteiger partial charge in [-0.15, -0.1) is 0 Å². The van der Waals surface area contributed by atoms with Gasteiger partial charge in [0.25, 0.3) is 0 Å². The van der Waals surface area contributed by atoms with Gasteiger partial charge in [-0.25, -0.2) is 0 Å². The van der Waals surface area contributed by atoms with E-state index >= 15 is 0 Å². The zero-order valence-electron chi connectivity index (χ0n) is 11.1. The summed E-state index contributed by atoms with van der Waals surface area (Å²) in [6, 6.07) is 10.3. The third-order valence-electron chi connectivity index (χ3n) is 2.73. The Hall–Kier alpha value is -2.20. The van der Waals surface area contributed by atoms with Gasteiger partial charge in [0.2, 0.25) is 0 Å². The Labute approximate surface area is 122 Å². The second kappa shape index (κ2) is 6.30. The summed E-state index contributed by atoms with van der Waals surface area (Å²) in [4.78, 5) is 4.29. The maximum absolute atomic E-state index is 9.97. The van der Waals surface area contributed by atoms with Crippen molar-refractivity contribution in [1.82, 2.24) is 0 Å². The maximum atomic E-state index is 9.97. The Balaban J connectivity index is 2.37. The molecule has 0 saturated carbocycles. The van der Waals surface area contributed by atoms with Gasteiger partial charge in [-0.2, -0.15) is 0 Å². The molecule has 0 spiro atoms. The minimum Gasteiger partial charge on any atom is -0.504 e. The number of methoxy groups -OCH3 is 2. The first kappa shape index (κ1) is 14.2. The normalized spacial score (nSPS) is 10.8. The zero-order chi connectivity index (χ0) is 14.5. The second-order valence-electron chi connectivity index (χ2n) is 3.97. The number of rotatable bonds is 4. The molecule has 0 atom stereocenters. The Morgan fingerprint density at radius 3 is 2.55 bits per heavy atom. The van der Waals surface area contributed by atoms with Gasteiger partial charge in [-0.05, 0) is 30.3 Å².